The third kappa shape index (κ3) is 4.95. The second kappa shape index (κ2) is 8.86. The van der Waals surface area contributed by atoms with Gasteiger partial charge in [0.15, 0.2) is 0 Å². The van der Waals surface area contributed by atoms with Crippen molar-refractivity contribution in [1.29, 1.82) is 5.26 Å². The van der Waals surface area contributed by atoms with Gasteiger partial charge in [-0.2, -0.15) is 5.26 Å². The minimum atomic E-state index is 0.759. The highest BCUT2D eigenvalue weighted by molar-refractivity contribution is 5.31. The Labute approximate surface area is 152 Å². The van der Waals surface area contributed by atoms with Crippen LogP contribution in [0.5, 0.6) is 0 Å². The molecule has 0 atom stereocenters. The molecular weight excluding hydrogens is 302 g/mol. The zero-order chi connectivity index (χ0) is 17.5. The van der Waals surface area contributed by atoms with E-state index in [0.717, 1.165) is 23.8 Å². The Balaban J connectivity index is 1.45. The average molecular weight is 332 g/mol. The van der Waals surface area contributed by atoms with Crippen LogP contribution in [-0.2, 0) is 12.8 Å². The van der Waals surface area contributed by atoms with E-state index in [9.17, 15) is 0 Å². The first-order chi connectivity index (χ1) is 12.3. The Morgan fingerprint density at radius 2 is 1.44 bits per heavy atom. The Morgan fingerprint density at radius 1 is 0.840 bits per heavy atom. The van der Waals surface area contributed by atoms with Gasteiger partial charge in [-0.15, -0.1) is 0 Å². The SMILES string of the molecule is CCCc1ccc(C2CCC(CCc3ccc(C#N)cc3)CC2)cc1. The Morgan fingerprint density at radius 3 is 2.04 bits per heavy atom. The van der Waals surface area contributed by atoms with Crippen LogP contribution in [0.3, 0.4) is 0 Å². The van der Waals surface area contributed by atoms with Gasteiger partial charge in [-0.3, -0.25) is 0 Å². The van der Waals surface area contributed by atoms with E-state index in [1.807, 2.05) is 12.1 Å². The maximum atomic E-state index is 8.87. The van der Waals surface area contributed by atoms with Crippen LogP contribution in [0.25, 0.3) is 0 Å². The summed E-state index contributed by atoms with van der Waals surface area (Å²) >= 11 is 0. The molecule has 1 aliphatic carbocycles. The van der Waals surface area contributed by atoms with E-state index >= 15 is 0 Å². The monoisotopic (exact) mass is 331 g/mol. The normalized spacial score (nSPS) is 20.2. The first kappa shape index (κ1) is 17.7. The minimum absolute atomic E-state index is 0.759. The van der Waals surface area contributed by atoms with E-state index in [1.165, 1.54) is 56.1 Å². The fourth-order valence-corrected chi connectivity index (χ4v) is 4.15. The summed E-state index contributed by atoms with van der Waals surface area (Å²) in [5.74, 6) is 1.63. The average Bonchev–Trinajstić information content (AvgIpc) is 2.68. The van der Waals surface area contributed by atoms with Crippen LogP contribution < -0.4 is 0 Å². The Kier molecular flexibility index (Phi) is 6.29. The van der Waals surface area contributed by atoms with Crippen molar-refractivity contribution in [1.82, 2.24) is 0 Å². The van der Waals surface area contributed by atoms with Gasteiger partial charge >= 0.3 is 0 Å². The fourth-order valence-electron chi connectivity index (χ4n) is 4.15. The van der Waals surface area contributed by atoms with Crippen molar-refractivity contribution in [3.8, 4) is 6.07 Å². The third-order valence-corrected chi connectivity index (χ3v) is 5.76. The lowest BCUT2D eigenvalue weighted by atomic mass is 9.77. The molecule has 1 heteroatoms. The summed E-state index contributed by atoms with van der Waals surface area (Å²) in [6.45, 7) is 2.24. The summed E-state index contributed by atoms with van der Waals surface area (Å²) < 4.78 is 0. The van der Waals surface area contributed by atoms with E-state index in [-0.39, 0.29) is 0 Å². The van der Waals surface area contributed by atoms with Crippen molar-refractivity contribution in [2.45, 2.75) is 64.2 Å². The van der Waals surface area contributed by atoms with Crippen molar-refractivity contribution in [2.75, 3.05) is 0 Å². The molecule has 1 aliphatic rings. The van der Waals surface area contributed by atoms with Crippen LogP contribution in [0.15, 0.2) is 48.5 Å². The molecule has 1 saturated carbocycles. The first-order valence-corrected chi connectivity index (χ1v) is 9.86. The van der Waals surface area contributed by atoms with Crippen LogP contribution >= 0.6 is 0 Å². The fraction of sp³-hybridized carbons (Fsp3) is 0.458. The summed E-state index contributed by atoms with van der Waals surface area (Å²) in [6, 6.07) is 19.7. The molecule has 0 heterocycles. The molecule has 0 amide bonds. The Bertz CT molecular complexity index is 682. The van der Waals surface area contributed by atoms with Gasteiger partial charge in [-0.25, -0.2) is 0 Å². The van der Waals surface area contributed by atoms with Crippen molar-refractivity contribution in [3.05, 3.63) is 70.8 Å². The van der Waals surface area contributed by atoms with Gasteiger partial charge in [-0.05, 0) is 85.6 Å². The summed E-state index contributed by atoms with van der Waals surface area (Å²) in [5.41, 5.74) is 5.15. The summed E-state index contributed by atoms with van der Waals surface area (Å²) in [4.78, 5) is 0. The number of nitriles is 1. The lowest BCUT2D eigenvalue weighted by Crippen LogP contribution is -2.14. The molecule has 0 aromatic heterocycles. The molecule has 0 spiro atoms. The minimum Gasteiger partial charge on any atom is -0.192 e. The number of aryl methyl sites for hydroxylation is 2. The second-order valence-electron chi connectivity index (χ2n) is 7.56. The van der Waals surface area contributed by atoms with Gasteiger partial charge in [0.2, 0.25) is 0 Å². The lowest BCUT2D eigenvalue weighted by Gasteiger charge is -2.29. The topological polar surface area (TPSA) is 23.8 Å². The molecule has 25 heavy (non-hydrogen) atoms. The van der Waals surface area contributed by atoms with Gasteiger partial charge in [0.05, 0.1) is 11.6 Å². The molecule has 3 rings (SSSR count). The molecule has 0 saturated heterocycles. The van der Waals surface area contributed by atoms with E-state index < -0.39 is 0 Å². The van der Waals surface area contributed by atoms with E-state index in [1.54, 1.807) is 5.56 Å². The maximum absolute atomic E-state index is 8.87. The van der Waals surface area contributed by atoms with Crippen LogP contribution in [0, 0.1) is 17.2 Å². The van der Waals surface area contributed by atoms with Crippen LogP contribution in [0.2, 0.25) is 0 Å². The molecule has 2 aromatic carbocycles. The standard InChI is InChI=1S/C24H29N/c1-2-3-19-10-14-23(15-11-19)24-16-12-21(13-17-24)5-4-20-6-8-22(18-25)9-7-20/h6-11,14-15,21,24H,2-5,12-13,16-17H2,1H3. The van der Waals surface area contributed by atoms with E-state index in [0.29, 0.717) is 0 Å². The van der Waals surface area contributed by atoms with Crippen molar-refractivity contribution < 1.29 is 0 Å². The quantitative estimate of drug-likeness (QED) is 0.599. The predicted molar refractivity (Wildman–Crippen MR) is 105 cm³/mol. The molecule has 0 bridgehead atoms. The van der Waals surface area contributed by atoms with E-state index in [2.05, 4.69) is 49.4 Å². The van der Waals surface area contributed by atoms with Crippen LogP contribution in [0.4, 0.5) is 0 Å². The third-order valence-electron chi connectivity index (χ3n) is 5.76. The van der Waals surface area contributed by atoms with E-state index in [4.69, 9.17) is 5.26 Å². The number of nitrogens with zero attached hydrogens (tertiary/aromatic N) is 1. The van der Waals surface area contributed by atoms with Crippen LogP contribution in [-0.4, -0.2) is 0 Å². The highest BCUT2D eigenvalue weighted by atomic mass is 14.3. The summed E-state index contributed by atoms with van der Waals surface area (Å²) in [6.07, 6.45) is 10.2. The van der Waals surface area contributed by atoms with Crippen molar-refractivity contribution >= 4 is 0 Å². The molecule has 0 N–H and O–H groups in total. The van der Waals surface area contributed by atoms with Crippen molar-refractivity contribution in [2.24, 2.45) is 5.92 Å². The Hall–Kier alpha value is -2.07. The molecule has 0 unspecified atom stereocenters. The molecule has 0 aliphatic heterocycles. The molecule has 2 aromatic rings. The number of hydrogen-bond acceptors (Lipinski definition) is 1. The first-order valence-electron chi connectivity index (χ1n) is 9.86. The van der Waals surface area contributed by atoms with Gasteiger partial charge in [0.1, 0.15) is 0 Å². The predicted octanol–water partition coefficient (Wildman–Crippen LogP) is 6.42. The maximum Gasteiger partial charge on any atom is 0.0991 e. The highest BCUT2D eigenvalue weighted by Crippen LogP contribution is 2.37. The second-order valence-corrected chi connectivity index (χ2v) is 7.56. The molecular formula is C24H29N. The molecule has 0 radical (unpaired) electrons. The lowest BCUT2D eigenvalue weighted by molar-refractivity contribution is 0.310. The number of hydrogen-bond donors (Lipinski definition) is 0. The zero-order valence-electron chi connectivity index (χ0n) is 15.4. The zero-order valence-corrected chi connectivity index (χ0v) is 15.4. The van der Waals surface area contributed by atoms with Gasteiger partial charge < -0.3 is 0 Å². The summed E-state index contributed by atoms with van der Waals surface area (Å²) in [5, 5.41) is 8.87. The molecule has 130 valence electrons. The smallest absolute Gasteiger partial charge is 0.0991 e. The molecule has 1 nitrogen and oxygen atoms in total. The van der Waals surface area contributed by atoms with Crippen LogP contribution in [0.1, 0.15) is 73.6 Å². The highest BCUT2D eigenvalue weighted by Gasteiger charge is 2.22. The van der Waals surface area contributed by atoms with Gasteiger partial charge in [0.25, 0.3) is 0 Å². The largest absolute Gasteiger partial charge is 0.192 e. The number of benzene rings is 2. The van der Waals surface area contributed by atoms with Crippen molar-refractivity contribution in [3.63, 3.8) is 0 Å². The molecule has 1 fully saturated rings. The van der Waals surface area contributed by atoms with Gasteiger partial charge in [0, 0.05) is 0 Å². The van der Waals surface area contributed by atoms with Gasteiger partial charge in [-0.1, -0.05) is 49.7 Å². The number of rotatable bonds is 6. The summed E-state index contributed by atoms with van der Waals surface area (Å²) in [7, 11) is 0.